The van der Waals surface area contributed by atoms with Gasteiger partial charge < -0.3 is 10.6 Å². The van der Waals surface area contributed by atoms with E-state index in [1.807, 2.05) is 24.3 Å². The second-order valence-electron chi connectivity index (χ2n) is 6.81. The highest BCUT2D eigenvalue weighted by molar-refractivity contribution is 6.07. The molecule has 4 aromatic rings. The van der Waals surface area contributed by atoms with E-state index in [0.717, 1.165) is 5.39 Å². The molecule has 0 bridgehead atoms. The number of amides is 1. The van der Waals surface area contributed by atoms with E-state index in [-0.39, 0.29) is 23.3 Å². The van der Waals surface area contributed by atoms with Gasteiger partial charge in [-0.1, -0.05) is 30.3 Å². The Balaban J connectivity index is 1.60. The van der Waals surface area contributed by atoms with Crippen molar-refractivity contribution < 1.29 is 9.59 Å². The Morgan fingerprint density at radius 3 is 2.57 bits per heavy atom. The number of para-hydroxylation sites is 1. The molecule has 0 fully saturated rings. The smallest absolute Gasteiger partial charge is 0.274 e. The number of benzene rings is 2. The van der Waals surface area contributed by atoms with E-state index < -0.39 is 0 Å². The number of carbonyl (C=O) groups is 2. The van der Waals surface area contributed by atoms with Crippen molar-refractivity contribution in [2.45, 2.75) is 13.8 Å². The second kappa shape index (κ2) is 8.08. The van der Waals surface area contributed by atoms with Crippen molar-refractivity contribution in [1.82, 2.24) is 15.0 Å². The summed E-state index contributed by atoms with van der Waals surface area (Å²) < 4.78 is 0. The molecule has 2 aromatic heterocycles. The van der Waals surface area contributed by atoms with E-state index in [1.165, 1.54) is 6.92 Å². The lowest BCUT2D eigenvalue weighted by Gasteiger charge is -2.10. The van der Waals surface area contributed by atoms with Crippen LogP contribution in [0.4, 0.5) is 17.3 Å². The maximum absolute atomic E-state index is 12.9. The molecule has 0 saturated heterocycles. The lowest BCUT2D eigenvalue weighted by atomic mass is 10.1. The first-order valence-electron chi connectivity index (χ1n) is 9.38. The standard InChI is InChI=1S/C23H19N5O2/c1-14-12-20(22(30)27-19-10-4-6-16-8-5-11-24-21(16)19)28-23(25-14)26-18-9-3-7-17(13-18)15(2)29/h3-13H,1-2H3,(H,27,30)(H,25,26,28). The molecule has 0 spiro atoms. The summed E-state index contributed by atoms with van der Waals surface area (Å²) >= 11 is 0. The van der Waals surface area contributed by atoms with Crippen LogP contribution in [0.5, 0.6) is 0 Å². The van der Waals surface area contributed by atoms with E-state index in [0.29, 0.717) is 28.1 Å². The van der Waals surface area contributed by atoms with Gasteiger partial charge in [-0.15, -0.1) is 0 Å². The van der Waals surface area contributed by atoms with Gasteiger partial charge in [0.2, 0.25) is 5.95 Å². The number of nitrogens with one attached hydrogen (secondary N) is 2. The topological polar surface area (TPSA) is 96.9 Å². The monoisotopic (exact) mass is 397 g/mol. The van der Waals surface area contributed by atoms with Crippen LogP contribution in [-0.4, -0.2) is 26.6 Å². The van der Waals surface area contributed by atoms with Gasteiger partial charge in [-0.25, -0.2) is 9.97 Å². The Morgan fingerprint density at radius 1 is 0.933 bits per heavy atom. The second-order valence-corrected chi connectivity index (χ2v) is 6.81. The summed E-state index contributed by atoms with van der Waals surface area (Å²) in [6.07, 6.45) is 1.68. The number of hydrogen-bond donors (Lipinski definition) is 2. The van der Waals surface area contributed by atoms with Gasteiger partial charge in [0, 0.05) is 28.5 Å². The van der Waals surface area contributed by atoms with Crippen molar-refractivity contribution in [3.8, 4) is 0 Å². The number of hydrogen-bond acceptors (Lipinski definition) is 6. The highest BCUT2D eigenvalue weighted by Crippen LogP contribution is 2.22. The zero-order chi connectivity index (χ0) is 21.1. The minimum Gasteiger partial charge on any atom is -0.324 e. The van der Waals surface area contributed by atoms with Crippen LogP contribution in [0.1, 0.15) is 33.5 Å². The molecule has 4 rings (SSSR count). The highest BCUT2D eigenvalue weighted by Gasteiger charge is 2.13. The fourth-order valence-electron chi connectivity index (χ4n) is 3.08. The Kier molecular flexibility index (Phi) is 5.17. The van der Waals surface area contributed by atoms with Gasteiger partial charge in [-0.3, -0.25) is 14.6 Å². The molecule has 0 atom stereocenters. The van der Waals surface area contributed by atoms with Crippen molar-refractivity contribution in [3.05, 3.63) is 83.8 Å². The highest BCUT2D eigenvalue weighted by atomic mass is 16.2. The number of nitrogens with zero attached hydrogens (tertiary/aromatic N) is 3. The van der Waals surface area contributed by atoms with E-state index >= 15 is 0 Å². The van der Waals surface area contributed by atoms with Crippen LogP contribution in [0.2, 0.25) is 0 Å². The van der Waals surface area contributed by atoms with E-state index in [4.69, 9.17) is 0 Å². The third-order valence-electron chi connectivity index (χ3n) is 4.49. The van der Waals surface area contributed by atoms with Crippen molar-refractivity contribution in [3.63, 3.8) is 0 Å². The van der Waals surface area contributed by atoms with Crippen molar-refractivity contribution in [2.75, 3.05) is 10.6 Å². The van der Waals surface area contributed by atoms with Gasteiger partial charge in [-0.2, -0.15) is 0 Å². The van der Waals surface area contributed by atoms with Gasteiger partial charge >= 0.3 is 0 Å². The number of ketones is 1. The van der Waals surface area contributed by atoms with Crippen molar-refractivity contribution >= 4 is 39.9 Å². The normalized spacial score (nSPS) is 10.6. The largest absolute Gasteiger partial charge is 0.324 e. The summed E-state index contributed by atoms with van der Waals surface area (Å²) in [6, 6.07) is 18.0. The van der Waals surface area contributed by atoms with Crippen LogP contribution in [0.3, 0.4) is 0 Å². The first-order valence-corrected chi connectivity index (χ1v) is 9.38. The molecule has 30 heavy (non-hydrogen) atoms. The van der Waals surface area contributed by atoms with Gasteiger partial charge in [-0.05, 0) is 44.2 Å². The predicted octanol–water partition coefficient (Wildman–Crippen LogP) is 4.53. The van der Waals surface area contributed by atoms with Crippen LogP contribution in [0.25, 0.3) is 10.9 Å². The minimum absolute atomic E-state index is 0.0347. The third kappa shape index (κ3) is 4.15. The lowest BCUT2D eigenvalue weighted by Crippen LogP contribution is -2.16. The molecule has 2 N–H and O–H groups in total. The number of fused-ring (bicyclic) bond motifs is 1. The number of pyridine rings is 1. The van der Waals surface area contributed by atoms with E-state index in [9.17, 15) is 9.59 Å². The molecule has 2 aromatic carbocycles. The Bertz CT molecular complexity index is 1260. The number of aryl methyl sites for hydroxylation is 1. The molecule has 0 radical (unpaired) electrons. The quantitative estimate of drug-likeness (QED) is 0.480. The molecular formula is C23H19N5O2. The Hall–Kier alpha value is -4.13. The maximum Gasteiger partial charge on any atom is 0.274 e. The molecule has 7 nitrogen and oxygen atoms in total. The van der Waals surface area contributed by atoms with Crippen LogP contribution >= 0.6 is 0 Å². The molecule has 148 valence electrons. The molecule has 1 amide bonds. The third-order valence-corrected chi connectivity index (χ3v) is 4.49. The summed E-state index contributed by atoms with van der Waals surface area (Å²) in [7, 11) is 0. The molecule has 2 heterocycles. The van der Waals surface area contributed by atoms with Gasteiger partial charge in [0.25, 0.3) is 5.91 Å². The minimum atomic E-state index is -0.362. The van der Waals surface area contributed by atoms with E-state index in [2.05, 4.69) is 25.6 Å². The number of anilines is 3. The van der Waals surface area contributed by atoms with Crippen LogP contribution < -0.4 is 10.6 Å². The van der Waals surface area contributed by atoms with Crippen LogP contribution in [0.15, 0.2) is 66.9 Å². The number of carbonyl (C=O) groups excluding carboxylic acids is 2. The average Bonchev–Trinajstić information content (AvgIpc) is 2.74. The first kappa shape index (κ1) is 19.2. The summed E-state index contributed by atoms with van der Waals surface area (Å²) in [4.78, 5) is 37.5. The Morgan fingerprint density at radius 2 is 1.73 bits per heavy atom. The summed E-state index contributed by atoms with van der Waals surface area (Å²) in [5.74, 6) is -0.122. The molecule has 0 aliphatic rings. The van der Waals surface area contributed by atoms with Crippen molar-refractivity contribution in [2.24, 2.45) is 0 Å². The van der Waals surface area contributed by atoms with Gasteiger partial charge in [0.15, 0.2) is 5.78 Å². The zero-order valence-corrected chi connectivity index (χ0v) is 16.5. The fourth-order valence-corrected chi connectivity index (χ4v) is 3.08. The van der Waals surface area contributed by atoms with E-state index in [1.54, 1.807) is 49.5 Å². The number of Topliss-reactive ketones (excluding diaryl/α,β-unsaturated/α-hetero) is 1. The molecule has 0 saturated carbocycles. The first-order chi connectivity index (χ1) is 14.5. The summed E-state index contributed by atoms with van der Waals surface area (Å²) in [5.41, 5.74) is 3.42. The number of aromatic nitrogens is 3. The van der Waals surface area contributed by atoms with Crippen molar-refractivity contribution in [1.29, 1.82) is 0 Å². The molecule has 0 aliphatic heterocycles. The molecule has 0 unspecified atom stereocenters. The predicted molar refractivity (Wildman–Crippen MR) is 116 cm³/mol. The van der Waals surface area contributed by atoms with Crippen LogP contribution in [0, 0.1) is 6.92 Å². The molecular weight excluding hydrogens is 378 g/mol. The van der Waals surface area contributed by atoms with Crippen LogP contribution in [-0.2, 0) is 0 Å². The SMILES string of the molecule is CC(=O)c1cccc(Nc2nc(C)cc(C(=O)Nc3cccc4cccnc34)n2)c1. The fraction of sp³-hybridized carbons (Fsp3) is 0.0870. The maximum atomic E-state index is 12.9. The van der Waals surface area contributed by atoms with Gasteiger partial charge in [0.1, 0.15) is 5.69 Å². The van der Waals surface area contributed by atoms with Gasteiger partial charge in [0.05, 0.1) is 11.2 Å². The molecule has 0 aliphatic carbocycles. The summed E-state index contributed by atoms with van der Waals surface area (Å²) in [6.45, 7) is 3.29. The summed E-state index contributed by atoms with van der Waals surface area (Å²) in [5, 5.41) is 6.87. The lowest BCUT2D eigenvalue weighted by molar-refractivity contribution is 0.101. The molecule has 7 heteroatoms. The number of rotatable bonds is 5. The zero-order valence-electron chi connectivity index (χ0n) is 16.5. The Labute approximate surface area is 173 Å². The average molecular weight is 397 g/mol.